The molecule has 23 heavy (non-hydrogen) atoms. The average Bonchev–Trinajstić information content (AvgIpc) is 2.49. The second-order valence-electron chi connectivity index (χ2n) is 6.61. The molecule has 0 aliphatic carbocycles. The molecule has 1 aliphatic rings. The Hall–Kier alpha value is -1.95. The minimum atomic E-state index is -0.727. The summed E-state index contributed by atoms with van der Waals surface area (Å²) in [6, 6.07) is 0.290. The number of carboxylic acids is 1. The summed E-state index contributed by atoms with van der Waals surface area (Å²) in [5.41, 5.74) is 0.291. The molecule has 1 aromatic rings. The van der Waals surface area contributed by atoms with Gasteiger partial charge in [0.15, 0.2) is 0 Å². The predicted octanol–water partition coefficient (Wildman–Crippen LogP) is 2.54. The van der Waals surface area contributed by atoms with E-state index in [1.54, 1.807) is 6.08 Å². The van der Waals surface area contributed by atoms with Gasteiger partial charge in [0.05, 0.1) is 5.41 Å². The van der Waals surface area contributed by atoms with Crippen molar-refractivity contribution < 1.29 is 9.90 Å². The number of hydrogen-bond donors (Lipinski definition) is 2. The first-order valence-electron chi connectivity index (χ1n) is 8.09. The molecule has 1 aromatic heterocycles. The van der Waals surface area contributed by atoms with Crippen LogP contribution in [0.1, 0.15) is 38.7 Å². The van der Waals surface area contributed by atoms with Crippen LogP contribution >= 0.6 is 0 Å². The van der Waals surface area contributed by atoms with Crippen molar-refractivity contribution in [2.24, 2.45) is 5.41 Å². The molecule has 0 bridgehead atoms. The van der Waals surface area contributed by atoms with Crippen molar-refractivity contribution in [1.82, 2.24) is 14.9 Å². The van der Waals surface area contributed by atoms with Gasteiger partial charge in [0.1, 0.15) is 0 Å². The average molecular weight is 318 g/mol. The fourth-order valence-corrected chi connectivity index (χ4v) is 3.09. The van der Waals surface area contributed by atoms with Crippen LogP contribution in [0.15, 0.2) is 25.0 Å². The zero-order valence-electron chi connectivity index (χ0n) is 14.0. The van der Waals surface area contributed by atoms with Crippen molar-refractivity contribution in [3.8, 4) is 0 Å². The van der Waals surface area contributed by atoms with E-state index in [-0.39, 0.29) is 6.04 Å². The third-order valence-electron chi connectivity index (χ3n) is 4.17. The molecule has 0 saturated carbocycles. The van der Waals surface area contributed by atoms with Gasteiger partial charge in [-0.2, -0.15) is 0 Å². The van der Waals surface area contributed by atoms with Crippen molar-refractivity contribution in [3.05, 3.63) is 30.6 Å². The molecule has 0 spiro atoms. The van der Waals surface area contributed by atoms with E-state index < -0.39 is 11.4 Å². The van der Waals surface area contributed by atoms with Crippen LogP contribution in [0.4, 0.5) is 5.95 Å². The van der Waals surface area contributed by atoms with E-state index in [9.17, 15) is 9.90 Å². The fourth-order valence-electron chi connectivity index (χ4n) is 3.09. The largest absolute Gasteiger partial charge is 0.481 e. The Balaban J connectivity index is 2.02. The number of carbonyl (C=O) groups is 1. The van der Waals surface area contributed by atoms with Gasteiger partial charge in [0, 0.05) is 37.1 Å². The van der Waals surface area contributed by atoms with Gasteiger partial charge in [-0.3, -0.25) is 9.69 Å². The molecule has 1 fully saturated rings. The number of carboxylic acid groups (broad SMARTS) is 1. The van der Waals surface area contributed by atoms with Crippen LogP contribution in [-0.4, -0.2) is 45.1 Å². The number of hydrogen-bond acceptors (Lipinski definition) is 5. The van der Waals surface area contributed by atoms with Crippen LogP contribution in [0.5, 0.6) is 0 Å². The van der Waals surface area contributed by atoms with Crippen molar-refractivity contribution in [1.29, 1.82) is 0 Å². The second-order valence-corrected chi connectivity index (χ2v) is 6.61. The van der Waals surface area contributed by atoms with Gasteiger partial charge >= 0.3 is 5.97 Å². The second kappa shape index (κ2) is 7.55. The number of likely N-dealkylation sites (tertiary alicyclic amines) is 1. The molecule has 0 aromatic carbocycles. The monoisotopic (exact) mass is 318 g/mol. The summed E-state index contributed by atoms with van der Waals surface area (Å²) < 4.78 is 0. The third kappa shape index (κ3) is 4.51. The lowest BCUT2D eigenvalue weighted by Crippen LogP contribution is -2.47. The Kier molecular flexibility index (Phi) is 5.71. The highest BCUT2D eigenvalue weighted by atomic mass is 16.4. The fraction of sp³-hybridized carbons (Fsp3) is 0.588. The number of aromatic nitrogens is 2. The lowest BCUT2D eigenvalue weighted by atomic mass is 9.77. The molecule has 1 atom stereocenters. The quantitative estimate of drug-likeness (QED) is 0.752. The number of aliphatic carboxylic acids is 1. The molecule has 1 saturated heterocycles. The Morgan fingerprint density at radius 1 is 1.52 bits per heavy atom. The molecule has 2 heterocycles. The molecule has 2 N–H and O–H groups in total. The molecule has 6 nitrogen and oxygen atoms in total. The van der Waals surface area contributed by atoms with Gasteiger partial charge in [-0.1, -0.05) is 6.08 Å². The Labute approximate surface area is 137 Å². The highest BCUT2D eigenvalue weighted by Crippen LogP contribution is 2.34. The highest BCUT2D eigenvalue weighted by Gasteiger charge is 2.41. The predicted molar refractivity (Wildman–Crippen MR) is 90.2 cm³/mol. The topological polar surface area (TPSA) is 78.3 Å². The Morgan fingerprint density at radius 3 is 2.78 bits per heavy atom. The van der Waals surface area contributed by atoms with Gasteiger partial charge in [-0.15, -0.1) is 6.58 Å². The van der Waals surface area contributed by atoms with Crippen LogP contribution < -0.4 is 5.32 Å². The van der Waals surface area contributed by atoms with Gasteiger partial charge < -0.3 is 10.4 Å². The third-order valence-corrected chi connectivity index (χ3v) is 4.17. The van der Waals surface area contributed by atoms with E-state index in [2.05, 4.69) is 26.8 Å². The molecule has 0 amide bonds. The number of rotatable bonds is 7. The van der Waals surface area contributed by atoms with Gasteiger partial charge in [0.2, 0.25) is 5.95 Å². The minimum Gasteiger partial charge on any atom is -0.481 e. The summed E-state index contributed by atoms with van der Waals surface area (Å²) >= 11 is 0. The maximum Gasteiger partial charge on any atom is 0.311 e. The van der Waals surface area contributed by atoms with Gasteiger partial charge in [-0.25, -0.2) is 9.97 Å². The number of piperidine rings is 1. The van der Waals surface area contributed by atoms with Crippen molar-refractivity contribution in [2.45, 2.75) is 45.7 Å². The summed E-state index contributed by atoms with van der Waals surface area (Å²) in [5.74, 6) is -0.108. The van der Waals surface area contributed by atoms with E-state index in [0.29, 0.717) is 31.9 Å². The van der Waals surface area contributed by atoms with Crippen LogP contribution in [0.25, 0.3) is 0 Å². The maximum absolute atomic E-state index is 11.7. The van der Waals surface area contributed by atoms with Crippen LogP contribution in [0, 0.1) is 5.41 Å². The summed E-state index contributed by atoms with van der Waals surface area (Å²) in [7, 11) is 0. The lowest BCUT2D eigenvalue weighted by Gasteiger charge is -2.39. The van der Waals surface area contributed by atoms with Crippen molar-refractivity contribution in [3.63, 3.8) is 0 Å². The SMILES string of the molecule is C=CC[C@]1(C(=O)O)CCCN(Cc2cnc(NC(C)C)nc2)C1. The van der Waals surface area contributed by atoms with Crippen LogP contribution in [0.3, 0.4) is 0 Å². The molecule has 126 valence electrons. The Bertz CT molecular complexity index is 544. The maximum atomic E-state index is 11.7. The van der Waals surface area contributed by atoms with Crippen molar-refractivity contribution in [2.75, 3.05) is 18.4 Å². The zero-order valence-corrected chi connectivity index (χ0v) is 14.0. The highest BCUT2D eigenvalue weighted by molar-refractivity contribution is 5.75. The first-order valence-corrected chi connectivity index (χ1v) is 8.09. The van der Waals surface area contributed by atoms with E-state index in [1.165, 1.54) is 0 Å². The molecule has 2 rings (SSSR count). The summed E-state index contributed by atoms with van der Waals surface area (Å²) in [5, 5.41) is 12.8. The first-order chi connectivity index (χ1) is 10.9. The van der Waals surface area contributed by atoms with Gasteiger partial charge in [0.25, 0.3) is 0 Å². The van der Waals surface area contributed by atoms with Crippen LogP contribution in [0.2, 0.25) is 0 Å². The van der Waals surface area contributed by atoms with E-state index in [0.717, 1.165) is 18.5 Å². The molecule has 0 radical (unpaired) electrons. The van der Waals surface area contributed by atoms with Crippen molar-refractivity contribution >= 4 is 11.9 Å². The number of anilines is 1. The first kappa shape index (κ1) is 17.4. The number of nitrogens with one attached hydrogen (secondary N) is 1. The van der Waals surface area contributed by atoms with Crippen LogP contribution in [-0.2, 0) is 11.3 Å². The minimum absolute atomic E-state index is 0.290. The van der Waals surface area contributed by atoms with E-state index in [4.69, 9.17) is 0 Å². The molecular formula is C17H26N4O2. The lowest BCUT2D eigenvalue weighted by molar-refractivity contribution is -0.152. The number of nitrogens with zero attached hydrogens (tertiary/aromatic N) is 3. The molecule has 6 heteroatoms. The smallest absolute Gasteiger partial charge is 0.311 e. The standard InChI is InChI=1S/C17H26N4O2/c1-4-6-17(15(22)23)7-5-8-21(12-17)11-14-9-18-16(19-10-14)20-13(2)3/h4,9-10,13H,1,5-8,11-12H2,2-3H3,(H,22,23)(H,18,19,20)/t17-/m0/s1. The Morgan fingerprint density at radius 2 is 2.22 bits per heavy atom. The molecule has 1 aliphatic heterocycles. The van der Waals surface area contributed by atoms with Gasteiger partial charge in [-0.05, 0) is 39.7 Å². The number of allylic oxidation sites excluding steroid dienone is 1. The summed E-state index contributed by atoms with van der Waals surface area (Å²) in [4.78, 5) is 22.5. The van der Waals surface area contributed by atoms with E-state index in [1.807, 2.05) is 26.2 Å². The normalized spacial score (nSPS) is 22.0. The summed E-state index contributed by atoms with van der Waals surface area (Å²) in [6.07, 6.45) is 7.43. The summed E-state index contributed by atoms with van der Waals surface area (Å²) in [6.45, 7) is 9.91. The van der Waals surface area contributed by atoms with E-state index >= 15 is 0 Å². The molecule has 0 unspecified atom stereocenters. The molecular weight excluding hydrogens is 292 g/mol. The zero-order chi connectivity index (χ0) is 16.9.